The van der Waals surface area contributed by atoms with Crippen LogP contribution in [0.15, 0.2) is 42.9 Å². The number of rotatable bonds is 1. The Morgan fingerprint density at radius 3 is 2.96 bits per heavy atom. The topological polar surface area (TPSA) is 56.5 Å². The molecule has 0 spiro atoms. The Labute approximate surface area is 149 Å². The van der Waals surface area contributed by atoms with Gasteiger partial charge < -0.3 is 0 Å². The van der Waals surface area contributed by atoms with Crippen molar-refractivity contribution in [1.82, 2.24) is 24.7 Å². The van der Waals surface area contributed by atoms with E-state index in [9.17, 15) is 0 Å². The summed E-state index contributed by atoms with van der Waals surface area (Å²) in [5.41, 5.74) is 5.16. The first-order valence-corrected chi connectivity index (χ1v) is 8.53. The van der Waals surface area contributed by atoms with E-state index in [1.54, 1.807) is 6.20 Å². The van der Waals surface area contributed by atoms with E-state index in [0.29, 0.717) is 5.02 Å². The lowest BCUT2D eigenvalue weighted by Gasteiger charge is -2.21. The zero-order valence-corrected chi connectivity index (χ0v) is 14.3. The van der Waals surface area contributed by atoms with Gasteiger partial charge in [-0.05, 0) is 48.7 Å². The van der Waals surface area contributed by atoms with E-state index in [2.05, 4.69) is 30.8 Å². The highest BCUT2D eigenvalue weighted by molar-refractivity contribution is 6.33. The predicted molar refractivity (Wildman–Crippen MR) is 97.0 cm³/mol. The van der Waals surface area contributed by atoms with Gasteiger partial charge in [0.15, 0.2) is 0 Å². The van der Waals surface area contributed by atoms with Gasteiger partial charge in [-0.15, -0.1) is 10.2 Å². The number of aromatic nitrogens is 5. The SMILES string of the molecule is Cc1nnc2n1-c1c(Cl)cc(-c3cncc4cccnc34)cc1CC2. The van der Waals surface area contributed by atoms with Crippen molar-refractivity contribution in [2.24, 2.45) is 0 Å². The molecule has 1 aliphatic heterocycles. The van der Waals surface area contributed by atoms with Crippen molar-refractivity contribution in [3.8, 4) is 16.8 Å². The summed E-state index contributed by atoms with van der Waals surface area (Å²) >= 11 is 6.69. The summed E-state index contributed by atoms with van der Waals surface area (Å²) in [6.45, 7) is 1.95. The fraction of sp³-hybridized carbons (Fsp3) is 0.158. The van der Waals surface area contributed by atoms with Gasteiger partial charge in [0.1, 0.15) is 11.6 Å². The van der Waals surface area contributed by atoms with Gasteiger partial charge in [-0.2, -0.15) is 0 Å². The lowest BCUT2D eigenvalue weighted by molar-refractivity contribution is 0.767. The molecule has 4 heterocycles. The van der Waals surface area contributed by atoms with E-state index in [-0.39, 0.29) is 0 Å². The number of benzene rings is 1. The highest BCUT2D eigenvalue weighted by Crippen LogP contribution is 2.37. The molecule has 5 rings (SSSR count). The zero-order valence-electron chi connectivity index (χ0n) is 13.6. The highest BCUT2D eigenvalue weighted by Gasteiger charge is 2.23. The molecule has 0 fully saturated rings. The second-order valence-electron chi connectivity index (χ2n) is 6.23. The van der Waals surface area contributed by atoms with Gasteiger partial charge in [0.2, 0.25) is 0 Å². The molecule has 0 N–H and O–H groups in total. The van der Waals surface area contributed by atoms with Crippen molar-refractivity contribution in [2.75, 3.05) is 0 Å². The summed E-state index contributed by atoms with van der Waals surface area (Å²) in [5.74, 6) is 1.83. The number of halogens is 1. The van der Waals surface area contributed by atoms with Crippen LogP contribution in [0.25, 0.3) is 27.7 Å². The van der Waals surface area contributed by atoms with E-state index in [1.807, 2.05) is 37.5 Å². The van der Waals surface area contributed by atoms with Gasteiger partial charge in [-0.1, -0.05) is 11.6 Å². The van der Waals surface area contributed by atoms with E-state index in [0.717, 1.165) is 52.2 Å². The average molecular weight is 348 g/mol. The first-order valence-electron chi connectivity index (χ1n) is 8.15. The fourth-order valence-corrected chi connectivity index (χ4v) is 3.89. The molecule has 0 aliphatic carbocycles. The molecule has 3 aromatic heterocycles. The van der Waals surface area contributed by atoms with Crippen LogP contribution < -0.4 is 0 Å². The maximum Gasteiger partial charge on any atom is 0.137 e. The Hall–Kier alpha value is -2.79. The van der Waals surface area contributed by atoms with Gasteiger partial charge in [0, 0.05) is 36.0 Å². The number of aryl methyl sites for hydroxylation is 3. The monoisotopic (exact) mass is 347 g/mol. The van der Waals surface area contributed by atoms with Gasteiger partial charge in [0.25, 0.3) is 0 Å². The van der Waals surface area contributed by atoms with Crippen LogP contribution >= 0.6 is 11.6 Å². The summed E-state index contributed by atoms with van der Waals surface area (Å²) in [4.78, 5) is 8.90. The minimum atomic E-state index is 0.698. The molecule has 6 heteroatoms. The molecule has 0 amide bonds. The Morgan fingerprint density at radius 2 is 2.04 bits per heavy atom. The van der Waals surface area contributed by atoms with Crippen LogP contribution in [-0.4, -0.2) is 24.7 Å². The molecule has 122 valence electrons. The number of fused-ring (bicyclic) bond motifs is 4. The quantitative estimate of drug-likeness (QED) is 0.523. The zero-order chi connectivity index (χ0) is 17.0. The van der Waals surface area contributed by atoms with Crippen molar-refractivity contribution < 1.29 is 0 Å². The lowest BCUT2D eigenvalue weighted by atomic mass is 9.96. The minimum absolute atomic E-state index is 0.698. The molecule has 0 radical (unpaired) electrons. The van der Waals surface area contributed by atoms with Crippen molar-refractivity contribution in [2.45, 2.75) is 19.8 Å². The highest BCUT2D eigenvalue weighted by atomic mass is 35.5. The molecule has 0 unspecified atom stereocenters. The predicted octanol–water partition coefficient (Wildman–Crippen LogP) is 3.94. The maximum atomic E-state index is 6.69. The molecule has 0 saturated heterocycles. The number of nitrogens with zero attached hydrogens (tertiary/aromatic N) is 5. The van der Waals surface area contributed by atoms with Crippen LogP contribution in [-0.2, 0) is 12.8 Å². The maximum absolute atomic E-state index is 6.69. The molecule has 0 bridgehead atoms. The summed E-state index contributed by atoms with van der Waals surface area (Å²) in [7, 11) is 0. The standard InChI is InChI=1S/C19H14ClN5/c1-11-23-24-17-5-4-12-7-14(8-16(20)19(12)25(11)17)15-10-21-9-13-3-2-6-22-18(13)15/h2-3,6-10H,4-5H2,1H3. The van der Waals surface area contributed by atoms with Crippen molar-refractivity contribution >= 4 is 22.5 Å². The van der Waals surface area contributed by atoms with E-state index in [1.165, 1.54) is 5.56 Å². The molecule has 1 aliphatic rings. The third-order valence-electron chi connectivity index (χ3n) is 4.70. The third-order valence-corrected chi connectivity index (χ3v) is 4.99. The Balaban J connectivity index is 1.76. The Morgan fingerprint density at radius 1 is 1.12 bits per heavy atom. The molecule has 0 saturated carbocycles. The van der Waals surface area contributed by atoms with Crippen LogP contribution in [0.4, 0.5) is 0 Å². The number of hydrogen-bond donors (Lipinski definition) is 0. The normalized spacial score (nSPS) is 12.9. The second-order valence-corrected chi connectivity index (χ2v) is 6.63. The summed E-state index contributed by atoms with van der Waals surface area (Å²) < 4.78 is 2.06. The van der Waals surface area contributed by atoms with Gasteiger partial charge in [-0.3, -0.25) is 14.5 Å². The van der Waals surface area contributed by atoms with Crippen LogP contribution in [0.5, 0.6) is 0 Å². The van der Waals surface area contributed by atoms with Gasteiger partial charge in [-0.25, -0.2) is 0 Å². The molecule has 25 heavy (non-hydrogen) atoms. The molecule has 4 aromatic rings. The van der Waals surface area contributed by atoms with Crippen LogP contribution in [0.1, 0.15) is 17.2 Å². The summed E-state index contributed by atoms with van der Waals surface area (Å²) in [6.07, 6.45) is 7.25. The van der Waals surface area contributed by atoms with Crippen LogP contribution in [0.2, 0.25) is 5.02 Å². The first-order chi connectivity index (χ1) is 12.2. The van der Waals surface area contributed by atoms with Gasteiger partial charge in [0.05, 0.1) is 16.2 Å². The summed E-state index contributed by atoms with van der Waals surface area (Å²) in [5, 5.41) is 10.2. The van der Waals surface area contributed by atoms with Crippen molar-refractivity contribution in [1.29, 1.82) is 0 Å². The average Bonchev–Trinajstić information content (AvgIpc) is 3.02. The summed E-state index contributed by atoms with van der Waals surface area (Å²) in [6, 6.07) is 8.12. The van der Waals surface area contributed by atoms with Crippen LogP contribution in [0.3, 0.4) is 0 Å². The first kappa shape index (κ1) is 14.5. The van der Waals surface area contributed by atoms with Crippen molar-refractivity contribution in [3.63, 3.8) is 0 Å². The Bertz CT molecular complexity index is 1130. The van der Waals surface area contributed by atoms with E-state index < -0.39 is 0 Å². The molecule has 1 aromatic carbocycles. The molecular formula is C19H14ClN5. The molecule has 5 nitrogen and oxygen atoms in total. The minimum Gasteiger partial charge on any atom is -0.281 e. The lowest BCUT2D eigenvalue weighted by Crippen LogP contribution is -2.14. The van der Waals surface area contributed by atoms with Gasteiger partial charge >= 0.3 is 0 Å². The van der Waals surface area contributed by atoms with Crippen LogP contribution in [0, 0.1) is 6.92 Å². The smallest absolute Gasteiger partial charge is 0.137 e. The van der Waals surface area contributed by atoms with Crippen molar-refractivity contribution in [3.05, 3.63) is 65.1 Å². The Kier molecular flexibility index (Phi) is 3.12. The van der Waals surface area contributed by atoms with E-state index >= 15 is 0 Å². The fourth-order valence-electron chi connectivity index (χ4n) is 3.57. The molecule has 0 atom stereocenters. The van der Waals surface area contributed by atoms with E-state index in [4.69, 9.17) is 11.6 Å². The second kappa shape index (κ2) is 5.36. The number of hydrogen-bond acceptors (Lipinski definition) is 4. The third kappa shape index (κ3) is 2.16. The number of pyridine rings is 2. The largest absolute Gasteiger partial charge is 0.281 e. The molecular weight excluding hydrogens is 334 g/mol.